The Labute approximate surface area is 186 Å². The number of carbonyl (C=O) groups is 2. The van der Waals surface area contributed by atoms with E-state index < -0.39 is 0 Å². The van der Waals surface area contributed by atoms with E-state index in [2.05, 4.69) is 31.2 Å². The Kier molecular flexibility index (Phi) is 5.82. The average molecular weight is 435 g/mol. The van der Waals surface area contributed by atoms with E-state index in [0.29, 0.717) is 36.4 Å². The maximum atomic E-state index is 13.2. The van der Waals surface area contributed by atoms with Crippen molar-refractivity contribution in [2.24, 2.45) is 0 Å². The number of fused-ring (bicyclic) bond motifs is 1. The molecule has 0 fully saturated rings. The van der Waals surface area contributed by atoms with E-state index >= 15 is 0 Å². The minimum Gasteiger partial charge on any atom is -0.356 e. The molecule has 4 rings (SSSR count). The highest BCUT2D eigenvalue weighted by molar-refractivity contribution is 5.96. The summed E-state index contributed by atoms with van der Waals surface area (Å²) in [7, 11) is 0. The highest BCUT2D eigenvalue weighted by Crippen LogP contribution is 2.30. The van der Waals surface area contributed by atoms with Crippen molar-refractivity contribution in [1.29, 1.82) is 0 Å². The van der Waals surface area contributed by atoms with Gasteiger partial charge in [0.1, 0.15) is 5.82 Å². The molecule has 0 unspecified atom stereocenters. The SMILES string of the molecule is CC(C)(C)c1ccc(C(=O)NCC(=O)N2CCc3noc(-c4ccc(F)cc4)c3C2)cc1. The van der Waals surface area contributed by atoms with Crippen LogP contribution in [0.15, 0.2) is 53.1 Å². The van der Waals surface area contributed by atoms with Crippen molar-refractivity contribution in [3.8, 4) is 11.3 Å². The van der Waals surface area contributed by atoms with Crippen molar-refractivity contribution in [2.45, 2.75) is 39.2 Å². The molecule has 0 saturated carbocycles. The highest BCUT2D eigenvalue weighted by Gasteiger charge is 2.27. The van der Waals surface area contributed by atoms with E-state index in [1.54, 1.807) is 29.2 Å². The van der Waals surface area contributed by atoms with Crippen molar-refractivity contribution in [1.82, 2.24) is 15.4 Å². The predicted molar refractivity (Wildman–Crippen MR) is 118 cm³/mol. The fourth-order valence-electron chi connectivity index (χ4n) is 3.74. The Balaban J connectivity index is 1.39. The van der Waals surface area contributed by atoms with Crippen LogP contribution in [0.4, 0.5) is 4.39 Å². The van der Waals surface area contributed by atoms with Crippen molar-refractivity contribution in [2.75, 3.05) is 13.1 Å². The van der Waals surface area contributed by atoms with E-state index in [1.165, 1.54) is 12.1 Å². The number of nitrogens with one attached hydrogen (secondary N) is 1. The van der Waals surface area contributed by atoms with E-state index in [1.807, 2.05) is 12.1 Å². The summed E-state index contributed by atoms with van der Waals surface area (Å²) in [6.07, 6.45) is 0.563. The largest absolute Gasteiger partial charge is 0.356 e. The number of halogens is 1. The van der Waals surface area contributed by atoms with Gasteiger partial charge in [0.15, 0.2) is 5.76 Å². The summed E-state index contributed by atoms with van der Waals surface area (Å²) in [5, 5.41) is 6.82. The fraction of sp³-hybridized carbons (Fsp3) is 0.320. The number of aromatic nitrogens is 1. The third kappa shape index (κ3) is 4.56. The molecule has 0 bridgehead atoms. The maximum Gasteiger partial charge on any atom is 0.251 e. The molecule has 0 saturated heterocycles. The van der Waals surface area contributed by atoms with E-state index in [-0.39, 0.29) is 29.6 Å². The molecule has 2 heterocycles. The maximum absolute atomic E-state index is 13.2. The Hall–Kier alpha value is -3.48. The van der Waals surface area contributed by atoms with Gasteiger partial charge < -0.3 is 14.7 Å². The Morgan fingerprint density at radius 1 is 1.09 bits per heavy atom. The predicted octanol–water partition coefficient (Wildman–Crippen LogP) is 4.09. The third-order valence-corrected chi connectivity index (χ3v) is 5.71. The van der Waals surface area contributed by atoms with Crippen LogP contribution in [0.25, 0.3) is 11.3 Å². The van der Waals surface area contributed by atoms with Gasteiger partial charge in [-0.25, -0.2) is 4.39 Å². The van der Waals surface area contributed by atoms with Gasteiger partial charge in [0, 0.05) is 29.7 Å². The van der Waals surface area contributed by atoms with Gasteiger partial charge in [-0.2, -0.15) is 0 Å². The van der Waals surface area contributed by atoms with Crippen molar-refractivity contribution < 1.29 is 18.5 Å². The van der Waals surface area contributed by atoms with Gasteiger partial charge in [0.25, 0.3) is 5.91 Å². The molecule has 0 radical (unpaired) electrons. The van der Waals surface area contributed by atoms with E-state index in [4.69, 9.17) is 4.52 Å². The minimum absolute atomic E-state index is 0.00674. The lowest BCUT2D eigenvalue weighted by molar-refractivity contribution is -0.131. The summed E-state index contributed by atoms with van der Waals surface area (Å²) in [6, 6.07) is 13.4. The van der Waals surface area contributed by atoms with Gasteiger partial charge in [-0.05, 0) is 47.4 Å². The lowest BCUT2D eigenvalue weighted by Gasteiger charge is -2.26. The first-order valence-electron chi connectivity index (χ1n) is 10.6. The Morgan fingerprint density at radius 2 is 1.78 bits per heavy atom. The Morgan fingerprint density at radius 3 is 2.44 bits per heavy atom. The van der Waals surface area contributed by atoms with Crippen LogP contribution in [0.3, 0.4) is 0 Å². The summed E-state index contributed by atoms with van der Waals surface area (Å²) < 4.78 is 18.7. The normalized spacial score (nSPS) is 13.6. The second-order valence-electron chi connectivity index (χ2n) is 9.02. The molecule has 2 aromatic carbocycles. The molecule has 6 nitrogen and oxygen atoms in total. The van der Waals surface area contributed by atoms with Gasteiger partial charge in [0.2, 0.25) is 5.91 Å². The van der Waals surface area contributed by atoms with Crippen LogP contribution >= 0.6 is 0 Å². The van der Waals surface area contributed by atoms with Crippen molar-refractivity contribution in [3.05, 3.63) is 76.7 Å². The second kappa shape index (κ2) is 8.57. The lowest BCUT2D eigenvalue weighted by atomic mass is 9.87. The van der Waals surface area contributed by atoms with Gasteiger partial charge in [-0.15, -0.1) is 0 Å². The lowest BCUT2D eigenvalue weighted by Crippen LogP contribution is -2.42. The molecule has 1 aliphatic rings. The molecule has 0 atom stereocenters. The van der Waals surface area contributed by atoms with Crippen LogP contribution in [-0.4, -0.2) is 35.0 Å². The van der Waals surface area contributed by atoms with Gasteiger partial charge in [-0.3, -0.25) is 9.59 Å². The van der Waals surface area contributed by atoms with E-state index in [0.717, 1.165) is 16.8 Å². The molecule has 32 heavy (non-hydrogen) atoms. The number of hydrogen-bond acceptors (Lipinski definition) is 4. The first kappa shape index (κ1) is 21.7. The topological polar surface area (TPSA) is 75.4 Å². The molecule has 7 heteroatoms. The molecule has 0 aliphatic carbocycles. The summed E-state index contributed by atoms with van der Waals surface area (Å²) in [4.78, 5) is 26.9. The summed E-state index contributed by atoms with van der Waals surface area (Å²) in [6.45, 7) is 7.08. The zero-order valence-electron chi connectivity index (χ0n) is 18.4. The number of nitrogens with zero attached hydrogens (tertiary/aromatic N) is 2. The van der Waals surface area contributed by atoms with Gasteiger partial charge in [-0.1, -0.05) is 38.1 Å². The van der Waals surface area contributed by atoms with Crippen LogP contribution < -0.4 is 5.32 Å². The second-order valence-corrected chi connectivity index (χ2v) is 9.02. The fourth-order valence-corrected chi connectivity index (χ4v) is 3.74. The monoisotopic (exact) mass is 435 g/mol. The quantitative estimate of drug-likeness (QED) is 0.670. The van der Waals surface area contributed by atoms with Gasteiger partial charge in [0.05, 0.1) is 18.8 Å². The zero-order chi connectivity index (χ0) is 22.9. The molecule has 1 aliphatic heterocycles. The molecular formula is C25H26FN3O3. The minimum atomic E-state index is -0.331. The third-order valence-electron chi connectivity index (χ3n) is 5.71. The molecular weight excluding hydrogens is 409 g/mol. The number of benzene rings is 2. The molecule has 3 aromatic rings. The molecule has 1 aromatic heterocycles. The van der Waals surface area contributed by atoms with Crippen molar-refractivity contribution in [3.63, 3.8) is 0 Å². The molecule has 0 spiro atoms. The molecule has 2 amide bonds. The number of hydrogen-bond donors (Lipinski definition) is 1. The number of carbonyl (C=O) groups excluding carboxylic acids is 2. The molecule has 1 N–H and O–H groups in total. The van der Waals surface area contributed by atoms with Crippen LogP contribution in [0.5, 0.6) is 0 Å². The van der Waals surface area contributed by atoms with Crippen LogP contribution in [0.1, 0.15) is 48.0 Å². The first-order chi connectivity index (χ1) is 15.2. The van der Waals surface area contributed by atoms with Crippen LogP contribution in [-0.2, 0) is 23.2 Å². The van der Waals surface area contributed by atoms with Crippen LogP contribution in [0.2, 0.25) is 0 Å². The smallest absolute Gasteiger partial charge is 0.251 e. The average Bonchev–Trinajstić information content (AvgIpc) is 3.20. The number of amides is 2. The van der Waals surface area contributed by atoms with Crippen LogP contribution in [0, 0.1) is 5.82 Å². The number of rotatable bonds is 4. The molecule has 166 valence electrons. The standard InChI is InChI=1S/C25H26FN3O3/c1-25(2,3)18-8-4-17(5-9-18)24(31)27-14-22(30)29-13-12-21-20(15-29)23(32-28-21)16-6-10-19(26)11-7-16/h4-11H,12-15H2,1-3H3,(H,27,31). The summed E-state index contributed by atoms with van der Waals surface area (Å²) in [5.41, 5.74) is 4.00. The van der Waals surface area contributed by atoms with Gasteiger partial charge >= 0.3 is 0 Å². The summed E-state index contributed by atoms with van der Waals surface area (Å²) in [5.74, 6) is -0.252. The Bertz CT molecular complexity index is 1130. The zero-order valence-corrected chi connectivity index (χ0v) is 18.4. The highest BCUT2D eigenvalue weighted by atomic mass is 19.1. The van der Waals surface area contributed by atoms with Crippen molar-refractivity contribution >= 4 is 11.8 Å². The first-order valence-corrected chi connectivity index (χ1v) is 10.6. The van der Waals surface area contributed by atoms with E-state index in [9.17, 15) is 14.0 Å². The summed E-state index contributed by atoms with van der Waals surface area (Å²) >= 11 is 0.